The Bertz CT molecular complexity index is 938. The normalized spacial score (nSPS) is 12.2. The number of carbonyl (C=O) groups excluding carboxylic acids is 3. The number of aryl methyl sites for hydroxylation is 1. The van der Waals surface area contributed by atoms with Gasteiger partial charge in [0, 0.05) is 10.0 Å². The van der Waals surface area contributed by atoms with Crippen LogP contribution in [0.25, 0.3) is 6.08 Å². The topological polar surface area (TPSA) is 98.3 Å². The molecule has 1 atom stereocenters. The summed E-state index contributed by atoms with van der Waals surface area (Å²) in [5, 5.41) is 16.5. The van der Waals surface area contributed by atoms with Crippen molar-refractivity contribution in [2.45, 2.75) is 39.2 Å². The van der Waals surface area contributed by atoms with E-state index in [1.54, 1.807) is 42.5 Å². The van der Waals surface area contributed by atoms with Gasteiger partial charge in [-0.05, 0) is 49.2 Å². The van der Waals surface area contributed by atoms with E-state index in [1.807, 2.05) is 19.9 Å². The number of nitrogens with one attached hydrogen (secondary N) is 2. The predicted octanol–water partition coefficient (Wildman–Crippen LogP) is 2.95. The summed E-state index contributed by atoms with van der Waals surface area (Å²) >= 11 is 3.37. The third-order valence-electron chi connectivity index (χ3n) is 4.40. The van der Waals surface area contributed by atoms with Crippen LogP contribution in [0.4, 0.5) is 0 Å². The van der Waals surface area contributed by atoms with E-state index in [2.05, 4.69) is 26.6 Å². The number of carboxylic acid groups (broad SMARTS) is 1. The van der Waals surface area contributed by atoms with Crippen molar-refractivity contribution in [3.8, 4) is 0 Å². The molecule has 0 aromatic heterocycles. The quantitative estimate of drug-likeness (QED) is 0.549. The molecule has 158 valence electrons. The molecule has 2 aromatic rings. The Kier molecular flexibility index (Phi) is 8.80. The van der Waals surface area contributed by atoms with Crippen LogP contribution in [-0.2, 0) is 9.59 Å². The van der Waals surface area contributed by atoms with Gasteiger partial charge in [-0.3, -0.25) is 9.59 Å². The molecule has 0 fully saturated rings. The van der Waals surface area contributed by atoms with Gasteiger partial charge in [0.05, 0.1) is 12.0 Å². The van der Waals surface area contributed by atoms with E-state index in [9.17, 15) is 19.5 Å². The summed E-state index contributed by atoms with van der Waals surface area (Å²) in [7, 11) is 0. The fourth-order valence-electron chi connectivity index (χ4n) is 2.71. The molecule has 7 heteroatoms. The van der Waals surface area contributed by atoms with E-state index in [0.717, 1.165) is 16.5 Å². The summed E-state index contributed by atoms with van der Waals surface area (Å²) in [6, 6.07) is 12.9. The maximum atomic E-state index is 12.8. The van der Waals surface area contributed by atoms with Crippen LogP contribution >= 0.6 is 15.9 Å². The fraction of sp³-hybridized carbons (Fsp3) is 0.261. The molecule has 2 N–H and O–H groups in total. The summed E-state index contributed by atoms with van der Waals surface area (Å²) in [5.41, 5.74) is 2.00. The first-order valence-electron chi connectivity index (χ1n) is 9.67. The van der Waals surface area contributed by atoms with Crippen LogP contribution in [0.5, 0.6) is 0 Å². The van der Waals surface area contributed by atoms with Gasteiger partial charge in [-0.25, -0.2) is 0 Å². The van der Waals surface area contributed by atoms with E-state index in [0.29, 0.717) is 17.5 Å². The zero-order chi connectivity index (χ0) is 22.1. The summed E-state index contributed by atoms with van der Waals surface area (Å²) in [6.45, 7) is 3.83. The molecule has 0 unspecified atom stereocenters. The smallest absolute Gasteiger partial charge is 0.268 e. The summed E-state index contributed by atoms with van der Waals surface area (Å²) in [5.74, 6) is -2.52. The van der Waals surface area contributed by atoms with Crippen molar-refractivity contribution in [1.82, 2.24) is 10.6 Å². The second-order valence-electron chi connectivity index (χ2n) is 6.92. The summed E-state index contributed by atoms with van der Waals surface area (Å²) in [6.07, 6.45) is 3.16. The highest BCUT2D eigenvalue weighted by Gasteiger charge is 2.19. The maximum Gasteiger partial charge on any atom is 0.268 e. The van der Waals surface area contributed by atoms with E-state index < -0.39 is 23.8 Å². The first kappa shape index (κ1) is 23.3. The zero-order valence-electron chi connectivity index (χ0n) is 16.9. The van der Waals surface area contributed by atoms with Crippen LogP contribution < -0.4 is 15.7 Å². The molecule has 2 amide bonds. The van der Waals surface area contributed by atoms with Gasteiger partial charge in [-0.2, -0.15) is 0 Å². The lowest BCUT2D eigenvalue weighted by Gasteiger charge is -2.20. The molecule has 0 radical (unpaired) electrons. The van der Waals surface area contributed by atoms with Gasteiger partial charge in [0.1, 0.15) is 5.70 Å². The van der Waals surface area contributed by atoms with Crippen LogP contribution in [0.3, 0.4) is 0 Å². The largest absolute Gasteiger partial charge is 0.548 e. The lowest BCUT2D eigenvalue weighted by Crippen LogP contribution is -2.49. The van der Waals surface area contributed by atoms with E-state index in [4.69, 9.17) is 0 Å². The molecule has 2 rings (SSSR count). The van der Waals surface area contributed by atoms with Gasteiger partial charge < -0.3 is 20.5 Å². The van der Waals surface area contributed by atoms with Gasteiger partial charge in [-0.15, -0.1) is 0 Å². The molecule has 0 aliphatic heterocycles. The third-order valence-corrected chi connectivity index (χ3v) is 4.90. The van der Waals surface area contributed by atoms with Crippen molar-refractivity contribution >= 4 is 39.8 Å². The highest BCUT2D eigenvalue weighted by Crippen LogP contribution is 2.15. The van der Waals surface area contributed by atoms with Gasteiger partial charge >= 0.3 is 0 Å². The van der Waals surface area contributed by atoms with Crippen LogP contribution in [-0.4, -0.2) is 23.8 Å². The number of benzene rings is 2. The van der Waals surface area contributed by atoms with Crippen molar-refractivity contribution < 1.29 is 19.5 Å². The van der Waals surface area contributed by atoms with E-state index in [-0.39, 0.29) is 12.1 Å². The number of hydrogen-bond acceptors (Lipinski definition) is 4. The van der Waals surface area contributed by atoms with Crippen LogP contribution in [0.15, 0.2) is 58.7 Å². The predicted molar refractivity (Wildman–Crippen MR) is 117 cm³/mol. The minimum atomic E-state index is -1.36. The van der Waals surface area contributed by atoms with Crippen molar-refractivity contribution in [3.63, 3.8) is 0 Å². The SMILES string of the molecule is CCCC[C@@H](NC(=O)/C(=C/c1cccc(Br)c1)NC(=O)c1ccc(C)cc1)C(=O)[O-]. The number of rotatable bonds is 9. The molecule has 2 aromatic carbocycles. The number of aliphatic carboxylic acids is 1. The van der Waals surface area contributed by atoms with Crippen molar-refractivity contribution in [2.24, 2.45) is 0 Å². The van der Waals surface area contributed by atoms with Crippen LogP contribution in [0.1, 0.15) is 47.7 Å². The minimum absolute atomic E-state index is 0.0542. The van der Waals surface area contributed by atoms with Gasteiger partial charge in [0.25, 0.3) is 11.8 Å². The number of carboxylic acids is 1. The van der Waals surface area contributed by atoms with Gasteiger partial charge in [0.2, 0.25) is 0 Å². The Balaban J connectivity index is 2.30. The fourth-order valence-corrected chi connectivity index (χ4v) is 3.13. The molecule has 0 aliphatic carbocycles. The number of halogens is 1. The number of unbranched alkanes of at least 4 members (excludes halogenated alkanes) is 1. The Hall–Kier alpha value is -2.93. The van der Waals surface area contributed by atoms with Gasteiger partial charge in [-0.1, -0.05) is 65.5 Å². The molecular weight excluding hydrogens is 448 g/mol. The highest BCUT2D eigenvalue weighted by molar-refractivity contribution is 9.10. The average Bonchev–Trinajstić information content (AvgIpc) is 2.70. The Morgan fingerprint density at radius 3 is 2.43 bits per heavy atom. The van der Waals surface area contributed by atoms with Crippen molar-refractivity contribution in [2.75, 3.05) is 0 Å². The summed E-state index contributed by atoms with van der Waals surface area (Å²) in [4.78, 5) is 36.9. The number of amides is 2. The molecule has 0 saturated heterocycles. The van der Waals surface area contributed by atoms with Crippen molar-refractivity contribution in [1.29, 1.82) is 0 Å². The number of carbonyl (C=O) groups is 3. The number of hydrogen-bond donors (Lipinski definition) is 2. The van der Waals surface area contributed by atoms with Crippen LogP contribution in [0.2, 0.25) is 0 Å². The zero-order valence-corrected chi connectivity index (χ0v) is 18.5. The van der Waals surface area contributed by atoms with Gasteiger partial charge in [0.15, 0.2) is 0 Å². The second kappa shape index (κ2) is 11.3. The Labute approximate surface area is 184 Å². The molecule has 0 aliphatic rings. The first-order valence-corrected chi connectivity index (χ1v) is 10.5. The standard InChI is InChI=1S/C23H25BrN2O4/c1-3-4-8-19(23(29)30)25-22(28)20(14-16-6-5-7-18(24)13-16)26-21(27)17-11-9-15(2)10-12-17/h5-7,9-14,19H,3-4,8H2,1-2H3,(H,25,28)(H,26,27)(H,29,30)/p-1/b20-14-/t19-/m1/s1. The van der Waals surface area contributed by atoms with E-state index in [1.165, 1.54) is 6.08 Å². The average molecular weight is 472 g/mol. The highest BCUT2D eigenvalue weighted by atomic mass is 79.9. The Morgan fingerprint density at radius 1 is 1.13 bits per heavy atom. The summed E-state index contributed by atoms with van der Waals surface area (Å²) < 4.78 is 0.802. The molecule has 6 nitrogen and oxygen atoms in total. The molecular formula is C23H24BrN2O4-. The molecule has 30 heavy (non-hydrogen) atoms. The molecule has 0 spiro atoms. The molecule has 0 heterocycles. The van der Waals surface area contributed by atoms with Crippen molar-refractivity contribution in [3.05, 3.63) is 75.4 Å². The maximum absolute atomic E-state index is 12.8. The molecule has 0 bridgehead atoms. The third kappa shape index (κ3) is 7.15. The van der Waals surface area contributed by atoms with Crippen LogP contribution in [0, 0.1) is 6.92 Å². The molecule has 0 saturated carbocycles. The Morgan fingerprint density at radius 2 is 1.83 bits per heavy atom. The van der Waals surface area contributed by atoms with E-state index >= 15 is 0 Å². The lowest BCUT2D eigenvalue weighted by atomic mass is 10.1. The first-order chi connectivity index (χ1) is 14.3. The minimum Gasteiger partial charge on any atom is -0.548 e. The second-order valence-corrected chi connectivity index (χ2v) is 7.84. The monoisotopic (exact) mass is 471 g/mol. The lowest BCUT2D eigenvalue weighted by molar-refractivity contribution is -0.308.